The largest absolute Gasteiger partial charge is 0.762 e. The van der Waals surface area contributed by atoms with E-state index in [2.05, 4.69) is 6.07 Å². The summed E-state index contributed by atoms with van der Waals surface area (Å²) in [6, 6.07) is 18.1. The van der Waals surface area contributed by atoms with Gasteiger partial charge < -0.3 is 5.41 Å². The molecule has 0 bridgehead atoms. The minimum atomic E-state index is -0.650. The Bertz CT molecular complexity index is 732. The van der Waals surface area contributed by atoms with Crippen LogP contribution in [-0.4, -0.2) is 5.87 Å². The number of hydrogen-bond donors (Lipinski definition) is 0. The fourth-order valence-corrected chi connectivity index (χ4v) is 2.24. The van der Waals surface area contributed by atoms with Crippen LogP contribution in [0, 0.1) is 22.7 Å². The third-order valence-corrected chi connectivity index (χ3v) is 3.22. The van der Waals surface area contributed by atoms with Gasteiger partial charge in [0.2, 0.25) is 0 Å². The Hall–Kier alpha value is -3.20. The molecule has 21 heavy (non-hydrogen) atoms. The van der Waals surface area contributed by atoms with Gasteiger partial charge in [0.05, 0.1) is 5.57 Å². The zero-order chi connectivity index (χ0) is 15.1. The van der Waals surface area contributed by atoms with Crippen molar-refractivity contribution in [2.75, 3.05) is 0 Å². The molecule has 1 aromatic heterocycles. The predicted octanol–water partition coefficient (Wildman–Crippen LogP) is 2.51. The molecule has 0 saturated carbocycles. The summed E-state index contributed by atoms with van der Waals surface area (Å²) in [5.41, 5.74) is 0.808. The highest BCUT2D eigenvalue weighted by molar-refractivity contribution is 5.69. The van der Waals surface area contributed by atoms with Gasteiger partial charge in [0.25, 0.3) is 6.04 Å². The maximum Gasteiger partial charge on any atom is 0.255 e. The summed E-state index contributed by atoms with van der Waals surface area (Å²) in [4.78, 5) is 0. The maximum atomic E-state index is 9.55. The number of aromatic nitrogens is 1. The van der Waals surface area contributed by atoms with Crippen LogP contribution >= 0.6 is 0 Å². The van der Waals surface area contributed by atoms with Gasteiger partial charge in [0.15, 0.2) is 12.4 Å². The molecule has 1 heterocycles. The van der Waals surface area contributed by atoms with E-state index in [-0.39, 0.29) is 5.57 Å². The zero-order valence-corrected chi connectivity index (χ0v) is 11.2. The molecule has 2 rings (SSSR count). The van der Waals surface area contributed by atoms with Crippen LogP contribution in [0.4, 0.5) is 0 Å². The Morgan fingerprint density at radius 3 is 2.14 bits per heavy atom. The van der Waals surface area contributed by atoms with E-state index in [0.717, 1.165) is 5.56 Å². The normalized spacial score (nSPS) is 12.3. The first-order valence-corrected chi connectivity index (χ1v) is 6.39. The van der Waals surface area contributed by atoms with Crippen molar-refractivity contribution < 1.29 is 4.57 Å². The van der Waals surface area contributed by atoms with Crippen molar-refractivity contribution in [1.82, 2.24) is 0 Å². The molecule has 1 aromatic carbocycles. The lowest BCUT2D eigenvalue weighted by atomic mass is 9.86. The highest BCUT2D eigenvalue weighted by Gasteiger charge is 2.33. The first-order valence-electron chi connectivity index (χ1n) is 6.39. The first kappa shape index (κ1) is 14.2. The summed E-state index contributed by atoms with van der Waals surface area (Å²) in [5.74, 6) is 1.34. The molecule has 0 fully saturated rings. The fraction of sp³-hybridized carbons (Fsp3) is 0.118. The molecule has 100 valence electrons. The molecular formula is C17H12N4. The Morgan fingerprint density at radius 2 is 1.62 bits per heavy atom. The molecule has 2 unspecified atom stereocenters. The summed E-state index contributed by atoms with van der Waals surface area (Å²) in [5, 5.41) is 28.0. The number of pyridine rings is 1. The van der Waals surface area contributed by atoms with Crippen LogP contribution < -0.4 is 4.57 Å². The van der Waals surface area contributed by atoms with Crippen molar-refractivity contribution in [2.24, 2.45) is 0 Å². The van der Waals surface area contributed by atoms with Crippen molar-refractivity contribution in [2.45, 2.75) is 12.0 Å². The number of allylic oxidation sites excluding steroid dienone is 1. The Labute approximate surface area is 123 Å². The van der Waals surface area contributed by atoms with Gasteiger partial charge in [-0.1, -0.05) is 36.4 Å². The molecule has 0 aliphatic carbocycles. The van der Waals surface area contributed by atoms with Crippen LogP contribution in [0.25, 0.3) is 5.41 Å². The Balaban J connectivity index is 2.58. The molecule has 0 N–H and O–H groups in total. The molecule has 4 nitrogen and oxygen atoms in total. The average Bonchev–Trinajstić information content (AvgIpc) is 2.57. The van der Waals surface area contributed by atoms with E-state index < -0.39 is 12.0 Å². The van der Waals surface area contributed by atoms with E-state index in [1.807, 2.05) is 60.5 Å². The van der Waals surface area contributed by atoms with Gasteiger partial charge in [0, 0.05) is 12.1 Å². The second-order valence-corrected chi connectivity index (χ2v) is 4.42. The molecular weight excluding hydrogens is 260 g/mol. The summed E-state index contributed by atoms with van der Waals surface area (Å²) >= 11 is 0. The summed E-state index contributed by atoms with van der Waals surface area (Å²) < 4.78 is 1.71. The Kier molecular flexibility index (Phi) is 4.62. The third-order valence-electron chi connectivity index (χ3n) is 3.22. The molecule has 2 atom stereocenters. The van der Waals surface area contributed by atoms with E-state index in [1.165, 1.54) is 0 Å². The van der Waals surface area contributed by atoms with Gasteiger partial charge in [0.1, 0.15) is 18.1 Å². The van der Waals surface area contributed by atoms with Crippen LogP contribution in [0.15, 0.2) is 66.5 Å². The lowest BCUT2D eigenvalue weighted by Crippen LogP contribution is -2.41. The number of hydrogen-bond acceptors (Lipinski definition) is 2. The monoisotopic (exact) mass is 272 g/mol. The second-order valence-electron chi connectivity index (χ2n) is 4.42. The SMILES string of the molecule is N#CC(=C=[N-])C(c1ccccc1)C(C#N)[n+]1ccccc1. The van der Waals surface area contributed by atoms with Crippen LogP contribution in [-0.2, 0) is 0 Å². The highest BCUT2D eigenvalue weighted by Crippen LogP contribution is 2.30. The summed E-state index contributed by atoms with van der Waals surface area (Å²) in [7, 11) is 0. The molecule has 0 amide bonds. The predicted molar refractivity (Wildman–Crippen MR) is 78.0 cm³/mol. The average molecular weight is 272 g/mol. The van der Waals surface area contributed by atoms with Gasteiger partial charge in [-0.2, -0.15) is 15.1 Å². The fourth-order valence-electron chi connectivity index (χ4n) is 2.24. The number of rotatable bonds is 4. The molecule has 2 aromatic rings. The molecule has 4 heteroatoms. The van der Waals surface area contributed by atoms with Crippen LogP contribution in [0.3, 0.4) is 0 Å². The second kappa shape index (κ2) is 6.82. The summed E-state index contributed by atoms with van der Waals surface area (Å²) in [6.45, 7) is 0. The smallest absolute Gasteiger partial charge is 0.255 e. The quantitative estimate of drug-likeness (QED) is 0.487. The van der Waals surface area contributed by atoms with Gasteiger partial charge in [-0.05, 0) is 5.56 Å². The number of nitrogens with zero attached hydrogens (tertiary/aromatic N) is 4. The van der Waals surface area contributed by atoms with Crippen molar-refractivity contribution in [3.63, 3.8) is 0 Å². The van der Waals surface area contributed by atoms with Gasteiger partial charge in [-0.25, -0.2) is 0 Å². The van der Waals surface area contributed by atoms with E-state index >= 15 is 0 Å². The van der Waals surface area contributed by atoms with Crippen molar-refractivity contribution in [1.29, 1.82) is 10.5 Å². The molecule has 0 aliphatic heterocycles. The van der Waals surface area contributed by atoms with Crippen LogP contribution in [0.2, 0.25) is 0 Å². The minimum absolute atomic E-state index is 0.0316. The van der Waals surface area contributed by atoms with E-state index in [1.54, 1.807) is 17.0 Å². The lowest BCUT2D eigenvalue weighted by Gasteiger charge is -2.17. The zero-order valence-electron chi connectivity index (χ0n) is 11.2. The van der Waals surface area contributed by atoms with Gasteiger partial charge in [-0.15, -0.1) is 0 Å². The Morgan fingerprint density at radius 1 is 1.00 bits per heavy atom. The van der Waals surface area contributed by atoms with Crippen LogP contribution in [0.5, 0.6) is 0 Å². The maximum absolute atomic E-state index is 9.55. The third kappa shape index (κ3) is 3.04. The van der Waals surface area contributed by atoms with Crippen molar-refractivity contribution in [3.05, 3.63) is 77.5 Å². The standard InChI is InChI=1S/C17H12N4/c18-11-15(12-19)17(14-7-3-1-4-8-14)16(13-20)21-9-5-2-6-10-21/h1-10,16-17H. The minimum Gasteiger partial charge on any atom is -0.762 e. The van der Waals surface area contributed by atoms with E-state index in [0.29, 0.717) is 0 Å². The van der Waals surface area contributed by atoms with Crippen molar-refractivity contribution >= 4 is 5.87 Å². The topological polar surface area (TPSA) is 73.8 Å². The first-order chi connectivity index (χ1) is 10.3. The molecule has 0 spiro atoms. The summed E-state index contributed by atoms with van der Waals surface area (Å²) in [6.07, 6.45) is 3.52. The molecule has 0 radical (unpaired) electrons. The molecule has 0 saturated heterocycles. The van der Waals surface area contributed by atoms with E-state index in [4.69, 9.17) is 0 Å². The van der Waals surface area contributed by atoms with E-state index in [9.17, 15) is 15.9 Å². The highest BCUT2D eigenvalue weighted by atomic mass is 15.0. The van der Waals surface area contributed by atoms with Gasteiger partial charge >= 0.3 is 0 Å². The lowest BCUT2D eigenvalue weighted by molar-refractivity contribution is -0.712. The molecule has 0 aliphatic rings. The van der Waals surface area contributed by atoms with Crippen molar-refractivity contribution in [3.8, 4) is 12.1 Å². The number of nitriles is 2. The van der Waals surface area contributed by atoms with Gasteiger partial charge in [-0.3, -0.25) is 5.87 Å². The van der Waals surface area contributed by atoms with Crippen LogP contribution in [0.1, 0.15) is 17.5 Å². The number of benzene rings is 1.